The van der Waals surface area contributed by atoms with E-state index in [9.17, 15) is 14.9 Å². The third-order valence-electron chi connectivity index (χ3n) is 3.01. The van der Waals surface area contributed by atoms with Crippen LogP contribution in [0.3, 0.4) is 0 Å². The third kappa shape index (κ3) is 5.94. The van der Waals surface area contributed by atoms with Gasteiger partial charge in [0, 0.05) is 17.9 Å². The van der Waals surface area contributed by atoms with E-state index < -0.39 is 4.92 Å². The maximum atomic E-state index is 11.2. The molecule has 0 fully saturated rings. The molecular weight excluding hydrogens is 326 g/mol. The lowest BCUT2D eigenvalue weighted by atomic mass is 10.1. The SMILES string of the molecule is CCOC(=O)CCCOc1cc([N+](=O)[O-])c(CCCl)cc1OC. The molecule has 0 N–H and O–H groups in total. The fourth-order valence-corrected chi connectivity index (χ4v) is 2.17. The number of alkyl halides is 1. The fraction of sp³-hybridized carbons (Fsp3) is 0.533. The Bertz CT molecular complexity index is 549. The number of methoxy groups -OCH3 is 1. The van der Waals surface area contributed by atoms with Crippen LogP contribution in [0.5, 0.6) is 11.5 Å². The van der Waals surface area contributed by atoms with Crippen molar-refractivity contribution in [2.24, 2.45) is 0 Å². The number of hydrogen-bond acceptors (Lipinski definition) is 6. The zero-order chi connectivity index (χ0) is 17.2. The molecule has 0 aliphatic carbocycles. The molecule has 0 bridgehead atoms. The summed E-state index contributed by atoms with van der Waals surface area (Å²) in [6, 6.07) is 2.88. The standard InChI is InChI=1S/C15H20ClNO6/c1-3-22-15(18)5-4-8-23-14-10-12(17(19)20)11(6-7-16)9-13(14)21-2/h9-10H,3-8H2,1-2H3. The van der Waals surface area contributed by atoms with Gasteiger partial charge >= 0.3 is 5.97 Å². The van der Waals surface area contributed by atoms with Crippen LogP contribution >= 0.6 is 11.6 Å². The van der Waals surface area contributed by atoms with Crippen LogP contribution in [0.15, 0.2) is 12.1 Å². The Morgan fingerprint density at radius 2 is 2.09 bits per heavy atom. The Labute approximate surface area is 139 Å². The van der Waals surface area contributed by atoms with Gasteiger partial charge in [0.2, 0.25) is 0 Å². The molecule has 128 valence electrons. The Morgan fingerprint density at radius 1 is 1.35 bits per heavy atom. The van der Waals surface area contributed by atoms with Gasteiger partial charge in [0.25, 0.3) is 5.69 Å². The molecule has 1 rings (SSSR count). The number of ether oxygens (including phenoxy) is 3. The molecule has 0 amide bonds. The van der Waals surface area contributed by atoms with Gasteiger partial charge < -0.3 is 14.2 Å². The normalized spacial score (nSPS) is 10.2. The predicted molar refractivity (Wildman–Crippen MR) is 85.4 cm³/mol. The summed E-state index contributed by atoms with van der Waals surface area (Å²) in [5, 5.41) is 11.1. The van der Waals surface area contributed by atoms with Crippen molar-refractivity contribution >= 4 is 23.3 Å². The van der Waals surface area contributed by atoms with Gasteiger partial charge in [-0.2, -0.15) is 0 Å². The first-order valence-corrected chi connectivity index (χ1v) is 7.76. The van der Waals surface area contributed by atoms with Gasteiger partial charge in [-0.25, -0.2) is 0 Å². The smallest absolute Gasteiger partial charge is 0.305 e. The summed E-state index contributed by atoms with van der Waals surface area (Å²) in [4.78, 5) is 21.9. The number of halogens is 1. The zero-order valence-corrected chi connectivity index (χ0v) is 13.9. The molecule has 23 heavy (non-hydrogen) atoms. The zero-order valence-electron chi connectivity index (χ0n) is 13.2. The summed E-state index contributed by atoms with van der Waals surface area (Å²) in [6.07, 6.45) is 1.03. The van der Waals surface area contributed by atoms with E-state index in [1.54, 1.807) is 13.0 Å². The second-order valence-corrected chi connectivity index (χ2v) is 4.96. The van der Waals surface area contributed by atoms with E-state index in [0.717, 1.165) is 0 Å². The van der Waals surface area contributed by atoms with Gasteiger partial charge in [0.15, 0.2) is 11.5 Å². The first-order chi connectivity index (χ1) is 11.0. The topological polar surface area (TPSA) is 87.9 Å². The molecule has 0 atom stereocenters. The lowest BCUT2D eigenvalue weighted by Crippen LogP contribution is -2.07. The summed E-state index contributed by atoms with van der Waals surface area (Å²) in [5.74, 6) is 0.628. The first kappa shape index (κ1) is 19.0. The molecule has 0 aliphatic heterocycles. The minimum Gasteiger partial charge on any atom is -0.493 e. The van der Waals surface area contributed by atoms with Crippen LogP contribution in [0, 0.1) is 10.1 Å². The van der Waals surface area contributed by atoms with E-state index in [4.69, 9.17) is 25.8 Å². The van der Waals surface area contributed by atoms with Crippen molar-refractivity contribution in [2.45, 2.75) is 26.2 Å². The maximum Gasteiger partial charge on any atom is 0.305 e. The van der Waals surface area contributed by atoms with Gasteiger partial charge in [-0.1, -0.05) is 0 Å². The van der Waals surface area contributed by atoms with Crippen molar-refractivity contribution in [2.75, 3.05) is 26.2 Å². The minimum absolute atomic E-state index is 0.0631. The van der Waals surface area contributed by atoms with Gasteiger partial charge in [-0.3, -0.25) is 14.9 Å². The van der Waals surface area contributed by atoms with E-state index in [-0.39, 0.29) is 36.3 Å². The Kier molecular flexibility index (Phi) is 8.18. The fourth-order valence-electron chi connectivity index (χ4n) is 1.97. The van der Waals surface area contributed by atoms with E-state index in [2.05, 4.69) is 0 Å². The number of carbonyl (C=O) groups is 1. The van der Waals surface area contributed by atoms with Crippen LogP contribution in [0.1, 0.15) is 25.3 Å². The second kappa shape index (κ2) is 9.89. The molecule has 1 aromatic rings. The first-order valence-electron chi connectivity index (χ1n) is 7.23. The molecule has 1 aromatic carbocycles. The second-order valence-electron chi connectivity index (χ2n) is 4.58. The summed E-state index contributed by atoms with van der Waals surface area (Å²) < 4.78 is 15.5. The monoisotopic (exact) mass is 345 g/mol. The highest BCUT2D eigenvalue weighted by molar-refractivity contribution is 6.18. The highest BCUT2D eigenvalue weighted by Gasteiger charge is 2.19. The third-order valence-corrected chi connectivity index (χ3v) is 3.20. The molecule has 7 nitrogen and oxygen atoms in total. The highest BCUT2D eigenvalue weighted by Crippen LogP contribution is 2.35. The molecular formula is C15H20ClNO6. The quantitative estimate of drug-likeness (QED) is 0.213. The molecule has 8 heteroatoms. The van der Waals surface area contributed by atoms with Crippen molar-refractivity contribution in [3.63, 3.8) is 0 Å². The largest absolute Gasteiger partial charge is 0.493 e. The van der Waals surface area contributed by atoms with Crippen LogP contribution in [-0.4, -0.2) is 37.1 Å². The predicted octanol–water partition coefficient (Wildman–Crippen LogP) is 3.11. The number of aryl methyl sites for hydroxylation is 1. The van der Waals surface area contributed by atoms with Crippen molar-refractivity contribution in [1.82, 2.24) is 0 Å². The Morgan fingerprint density at radius 3 is 2.65 bits per heavy atom. The summed E-state index contributed by atoms with van der Waals surface area (Å²) in [6.45, 7) is 2.30. The highest BCUT2D eigenvalue weighted by atomic mass is 35.5. The van der Waals surface area contributed by atoms with E-state index in [1.165, 1.54) is 13.2 Å². The number of benzene rings is 1. The van der Waals surface area contributed by atoms with E-state index in [1.807, 2.05) is 0 Å². The summed E-state index contributed by atoms with van der Waals surface area (Å²) in [7, 11) is 1.46. The molecule has 0 radical (unpaired) electrons. The van der Waals surface area contributed by atoms with Gasteiger partial charge in [0.1, 0.15) is 0 Å². The van der Waals surface area contributed by atoms with Crippen molar-refractivity contribution in [3.05, 3.63) is 27.8 Å². The number of esters is 1. The molecule has 0 aliphatic rings. The van der Waals surface area contributed by atoms with Crippen molar-refractivity contribution in [1.29, 1.82) is 0 Å². The van der Waals surface area contributed by atoms with E-state index >= 15 is 0 Å². The molecule has 0 heterocycles. The lowest BCUT2D eigenvalue weighted by molar-refractivity contribution is -0.385. The molecule has 0 spiro atoms. The van der Waals surface area contributed by atoms with Crippen LogP contribution in [0.2, 0.25) is 0 Å². The lowest BCUT2D eigenvalue weighted by Gasteiger charge is -2.12. The number of nitrogens with zero attached hydrogens (tertiary/aromatic N) is 1. The molecule has 0 saturated heterocycles. The van der Waals surface area contributed by atoms with Gasteiger partial charge in [-0.15, -0.1) is 11.6 Å². The number of nitro benzene ring substituents is 1. The maximum absolute atomic E-state index is 11.2. The number of hydrogen-bond donors (Lipinski definition) is 0. The average Bonchev–Trinajstić information content (AvgIpc) is 2.52. The molecule has 0 saturated carbocycles. The van der Waals surface area contributed by atoms with Crippen molar-refractivity contribution < 1.29 is 23.9 Å². The summed E-state index contributed by atoms with van der Waals surface area (Å²) >= 11 is 5.67. The number of carbonyl (C=O) groups excluding carboxylic acids is 1. The van der Waals surface area contributed by atoms with Gasteiger partial charge in [0.05, 0.1) is 31.3 Å². The summed E-state index contributed by atoms with van der Waals surface area (Å²) in [5.41, 5.74) is 0.424. The van der Waals surface area contributed by atoms with Crippen LogP contribution < -0.4 is 9.47 Å². The number of rotatable bonds is 10. The average molecular weight is 346 g/mol. The van der Waals surface area contributed by atoms with Gasteiger partial charge in [-0.05, 0) is 25.8 Å². The Hall–Kier alpha value is -2.02. The Balaban J connectivity index is 2.78. The molecule has 0 unspecified atom stereocenters. The van der Waals surface area contributed by atoms with E-state index in [0.29, 0.717) is 30.8 Å². The van der Waals surface area contributed by atoms with Crippen molar-refractivity contribution in [3.8, 4) is 11.5 Å². The van der Waals surface area contributed by atoms with Crippen LogP contribution in [0.25, 0.3) is 0 Å². The minimum atomic E-state index is -0.479. The molecule has 0 aromatic heterocycles. The van der Waals surface area contributed by atoms with Crippen LogP contribution in [0.4, 0.5) is 5.69 Å². The van der Waals surface area contributed by atoms with Crippen LogP contribution in [-0.2, 0) is 16.0 Å². The number of nitro groups is 1.